The first-order chi connectivity index (χ1) is 5.81. The summed E-state index contributed by atoms with van der Waals surface area (Å²) < 4.78 is 4.91. The minimum Gasteiger partial charge on any atom is -0.367 e. The van der Waals surface area contributed by atoms with Crippen LogP contribution in [0.5, 0.6) is 0 Å². The van der Waals surface area contributed by atoms with Gasteiger partial charge in [-0.2, -0.15) is 0 Å². The molecule has 1 aromatic rings. The number of fused-ring (bicyclic) bond motifs is 1. The first-order valence-corrected chi connectivity index (χ1v) is 4.26. The average Bonchev–Trinajstić information content (AvgIpc) is 2.47. The smallest absolute Gasteiger partial charge is 0.226 e. The Bertz CT molecular complexity index is 282. The third-order valence-electron chi connectivity index (χ3n) is 2.39. The van der Waals surface area contributed by atoms with Gasteiger partial charge in [-0.05, 0) is 6.54 Å². The summed E-state index contributed by atoms with van der Waals surface area (Å²) in [5.74, 6) is 0.489. The molecule has 12 heavy (non-hydrogen) atoms. The molecule has 0 saturated heterocycles. The molecular formula is C8H13N3O. The molecule has 0 fully saturated rings. The Morgan fingerprint density at radius 3 is 3.25 bits per heavy atom. The minimum atomic E-state index is 0.489. The molecule has 0 spiro atoms. The molecule has 0 saturated carbocycles. The molecule has 2 N–H and O–H groups in total. The zero-order valence-electron chi connectivity index (χ0n) is 7.21. The van der Waals surface area contributed by atoms with E-state index in [-0.39, 0.29) is 0 Å². The molecule has 0 bridgehead atoms. The summed E-state index contributed by atoms with van der Waals surface area (Å²) in [6.07, 6.45) is 0.962. The van der Waals surface area contributed by atoms with Crippen LogP contribution in [0.4, 0.5) is 5.88 Å². The molecule has 1 aromatic heterocycles. The summed E-state index contributed by atoms with van der Waals surface area (Å²) in [7, 11) is 0. The second kappa shape index (κ2) is 2.79. The Morgan fingerprint density at radius 1 is 1.67 bits per heavy atom. The first kappa shape index (κ1) is 7.61. The predicted molar refractivity (Wildman–Crippen MR) is 45.6 cm³/mol. The highest BCUT2D eigenvalue weighted by molar-refractivity contribution is 5.39. The maximum Gasteiger partial charge on any atom is 0.226 e. The number of likely N-dealkylation sites (N-methyl/N-ethyl adjacent to an activating group) is 1. The van der Waals surface area contributed by atoms with Gasteiger partial charge in [0.15, 0.2) is 0 Å². The molecule has 0 aromatic carbocycles. The van der Waals surface area contributed by atoms with Crippen molar-refractivity contribution in [3.63, 3.8) is 0 Å². The minimum absolute atomic E-state index is 0.489. The Morgan fingerprint density at radius 2 is 2.50 bits per heavy atom. The van der Waals surface area contributed by atoms with E-state index in [2.05, 4.69) is 17.0 Å². The lowest BCUT2D eigenvalue weighted by molar-refractivity contribution is 0.267. The number of nitrogens with two attached hydrogens (primary N) is 1. The molecule has 0 aliphatic carbocycles. The van der Waals surface area contributed by atoms with Gasteiger partial charge in [-0.1, -0.05) is 12.1 Å². The Hall–Kier alpha value is -1.03. The average molecular weight is 167 g/mol. The molecule has 66 valence electrons. The lowest BCUT2D eigenvalue weighted by Gasteiger charge is -2.23. The highest BCUT2D eigenvalue weighted by Gasteiger charge is 2.21. The van der Waals surface area contributed by atoms with Crippen molar-refractivity contribution in [2.75, 3.05) is 18.8 Å². The van der Waals surface area contributed by atoms with Crippen molar-refractivity contribution >= 4 is 5.88 Å². The zero-order chi connectivity index (χ0) is 8.55. The molecule has 4 nitrogen and oxygen atoms in total. The monoisotopic (exact) mass is 167 g/mol. The van der Waals surface area contributed by atoms with Gasteiger partial charge < -0.3 is 10.3 Å². The van der Waals surface area contributed by atoms with Crippen LogP contribution in [-0.2, 0) is 13.0 Å². The molecule has 0 radical (unpaired) electrons. The summed E-state index contributed by atoms with van der Waals surface area (Å²) >= 11 is 0. The first-order valence-electron chi connectivity index (χ1n) is 4.26. The molecule has 0 atom stereocenters. The van der Waals surface area contributed by atoms with Crippen LogP contribution in [0.25, 0.3) is 0 Å². The van der Waals surface area contributed by atoms with E-state index >= 15 is 0 Å². The normalized spacial score (nSPS) is 17.8. The van der Waals surface area contributed by atoms with Gasteiger partial charge in [-0.3, -0.25) is 4.90 Å². The van der Waals surface area contributed by atoms with Gasteiger partial charge >= 0.3 is 0 Å². The van der Waals surface area contributed by atoms with E-state index in [1.807, 2.05) is 0 Å². The fourth-order valence-corrected chi connectivity index (χ4v) is 1.56. The third-order valence-corrected chi connectivity index (χ3v) is 2.39. The van der Waals surface area contributed by atoms with Gasteiger partial charge in [0.2, 0.25) is 5.88 Å². The number of rotatable bonds is 1. The standard InChI is InChI=1S/C8H13N3O/c1-2-11-4-3-7-6(5-11)8(9)12-10-7/h2-5,9H2,1H3. The van der Waals surface area contributed by atoms with E-state index in [0.717, 1.165) is 37.3 Å². The van der Waals surface area contributed by atoms with Crippen molar-refractivity contribution in [1.29, 1.82) is 0 Å². The van der Waals surface area contributed by atoms with Crippen molar-refractivity contribution in [1.82, 2.24) is 10.1 Å². The lowest BCUT2D eigenvalue weighted by Crippen LogP contribution is -2.30. The number of anilines is 1. The van der Waals surface area contributed by atoms with Crippen molar-refractivity contribution < 1.29 is 4.52 Å². The van der Waals surface area contributed by atoms with E-state index in [0.29, 0.717) is 5.88 Å². The van der Waals surface area contributed by atoms with Gasteiger partial charge in [0.25, 0.3) is 0 Å². The summed E-state index contributed by atoms with van der Waals surface area (Å²) in [5, 5.41) is 3.90. The summed E-state index contributed by atoms with van der Waals surface area (Å²) in [5.41, 5.74) is 7.75. The fourth-order valence-electron chi connectivity index (χ4n) is 1.56. The van der Waals surface area contributed by atoms with Gasteiger partial charge in [-0.25, -0.2) is 0 Å². The predicted octanol–water partition coefficient (Wildman–Crippen LogP) is 0.635. The number of nitrogen functional groups attached to an aromatic ring is 1. The summed E-state index contributed by atoms with van der Waals surface area (Å²) in [6.45, 7) is 5.16. The molecule has 1 aliphatic heterocycles. The molecule has 0 amide bonds. The number of hydrogen-bond acceptors (Lipinski definition) is 4. The SMILES string of the molecule is CCN1CCc2noc(N)c2C1. The van der Waals surface area contributed by atoms with E-state index < -0.39 is 0 Å². The van der Waals surface area contributed by atoms with Crippen LogP contribution in [0.1, 0.15) is 18.2 Å². The summed E-state index contributed by atoms with van der Waals surface area (Å²) in [6, 6.07) is 0. The van der Waals surface area contributed by atoms with Crippen molar-refractivity contribution in [2.24, 2.45) is 0 Å². The van der Waals surface area contributed by atoms with Gasteiger partial charge in [0.05, 0.1) is 11.3 Å². The van der Waals surface area contributed by atoms with Crippen molar-refractivity contribution in [3.8, 4) is 0 Å². The van der Waals surface area contributed by atoms with Crippen LogP contribution >= 0.6 is 0 Å². The molecule has 2 rings (SSSR count). The number of hydrogen-bond donors (Lipinski definition) is 1. The largest absolute Gasteiger partial charge is 0.367 e. The Kier molecular flexibility index (Phi) is 1.77. The van der Waals surface area contributed by atoms with Gasteiger partial charge in [-0.15, -0.1) is 0 Å². The second-order valence-electron chi connectivity index (χ2n) is 3.09. The fraction of sp³-hybridized carbons (Fsp3) is 0.625. The highest BCUT2D eigenvalue weighted by atomic mass is 16.5. The van der Waals surface area contributed by atoms with Crippen LogP contribution in [0, 0.1) is 0 Å². The van der Waals surface area contributed by atoms with Crippen LogP contribution in [0.15, 0.2) is 4.52 Å². The number of aromatic nitrogens is 1. The third kappa shape index (κ3) is 1.08. The molecule has 1 aliphatic rings. The van der Waals surface area contributed by atoms with Crippen LogP contribution in [0.2, 0.25) is 0 Å². The maximum absolute atomic E-state index is 5.62. The van der Waals surface area contributed by atoms with E-state index in [1.54, 1.807) is 0 Å². The molecule has 2 heterocycles. The van der Waals surface area contributed by atoms with Gasteiger partial charge in [0, 0.05) is 19.5 Å². The van der Waals surface area contributed by atoms with Crippen LogP contribution in [-0.4, -0.2) is 23.1 Å². The molecule has 0 unspecified atom stereocenters. The highest BCUT2D eigenvalue weighted by Crippen LogP contribution is 2.22. The topological polar surface area (TPSA) is 55.3 Å². The molecule has 4 heteroatoms. The van der Waals surface area contributed by atoms with Crippen molar-refractivity contribution in [2.45, 2.75) is 19.9 Å². The van der Waals surface area contributed by atoms with Crippen molar-refractivity contribution in [3.05, 3.63) is 11.3 Å². The van der Waals surface area contributed by atoms with E-state index in [9.17, 15) is 0 Å². The lowest BCUT2D eigenvalue weighted by atomic mass is 10.1. The van der Waals surface area contributed by atoms with Crippen LogP contribution in [0.3, 0.4) is 0 Å². The van der Waals surface area contributed by atoms with E-state index in [1.165, 1.54) is 0 Å². The Labute approximate surface area is 71.3 Å². The van der Waals surface area contributed by atoms with E-state index in [4.69, 9.17) is 10.3 Å². The maximum atomic E-state index is 5.62. The summed E-state index contributed by atoms with van der Waals surface area (Å²) in [4.78, 5) is 2.33. The Balaban J connectivity index is 2.26. The molecular weight excluding hydrogens is 154 g/mol. The zero-order valence-corrected chi connectivity index (χ0v) is 7.21. The quantitative estimate of drug-likeness (QED) is 0.666. The van der Waals surface area contributed by atoms with Gasteiger partial charge in [0.1, 0.15) is 0 Å². The number of nitrogens with zero attached hydrogens (tertiary/aromatic N) is 2. The second-order valence-corrected chi connectivity index (χ2v) is 3.09. The van der Waals surface area contributed by atoms with Crippen LogP contribution < -0.4 is 5.73 Å².